The molecule has 2 N–H and O–H groups in total. The van der Waals surface area contributed by atoms with Crippen molar-refractivity contribution in [2.24, 2.45) is 0 Å². The molecule has 0 saturated heterocycles. The van der Waals surface area contributed by atoms with Crippen molar-refractivity contribution in [2.45, 2.75) is 130 Å². The summed E-state index contributed by atoms with van der Waals surface area (Å²) in [6, 6.07) is 3.42. The van der Waals surface area contributed by atoms with Gasteiger partial charge in [0, 0.05) is 0 Å². The molecule has 1 rings (SSSR count). The molecule has 1 aromatic carbocycles. The van der Waals surface area contributed by atoms with Crippen molar-refractivity contribution < 1.29 is 33.2 Å². The number of carbonyl (C=O) groups is 2. The molecule has 212 valence electrons. The number of hydrogen-bond donors (Lipinski definition) is 2. The molecule has 0 aliphatic heterocycles. The van der Waals surface area contributed by atoms with E-state index in [1.165, 1.54) is 25.7 Å². The lowest BCUT2D eigenvalue weighted by atomic mass is 9.89. The zero-order valence-corrected chi connectivity index (χ0v) is 24.2. The summed E-state index contributed by atoms with van der Waals surface area (Å²) in [6.45, 7) is 6.63. The minimum Gasteiger partial charge on any atom is -0.462 e. The van der Waals surface area contributed by atoms with Crippen LogP contribution in [0.4, 0.5) is 0 Å². The molecule has 8 heteroatoms. The number of hydrogen-bond acceptors (Lipinski definition) is 5. The van der Waals surface area contributed by atoms with Crippen molar-refractivity contribution in [3.63, 3.8) is 0 Å². The van der Waals surface area contributed by atoms with Gasteiger partial charge in [-0.3, -0.25) is 9.79 Å². The third-order valence-corrected chi connectivity index (χ3v) is 7.00. The van der Waals surface area contributed by atoms with Gasteiger partial charge in [-0.2, -0.15) is 0 Å². The number of phosphoric acid groups is 1. The first-order valence-electron chi connectivity index (χ1n) is 14.4. The summed E-state index contributed by atoms with van der Waals surface area (Å²) >= 11 is 0. The second kappa shape index (κ2) is 19.4. The van der Waals surface area contributed by atoms with E-state index in [9.17, 15) is 23.9 Å². The van der Waals surface area contributed by atoms with Gasteiger partial charge in [-0.1, -0.05) is 104 Å². The van der Waals surface area contributed by atoms with Gasteiger partial charge in [0.1, 0.15) is 0 Å². The van der Waals surface area contributed by atoms with Gasteiger partial charge >= 0.3 is 19.8 Å². The summed E-state index contributed by atoms with van der Waals surface area (Å²) in [4.78, 5) is 44.6. The summed E-state index contributed by atoms with van der Waals surface area (Å²) in [6.07, 6.45) is 17.0. The summed E-state index contributed by atoms with van der Waals surface area (Å²) in [5.41, 5.74) is 1.55. The van der Waals surface area contributed by atoms with Crippen LogP contribution in [0.25, 0.3) is 0 Å². The third kappa shape index (κ3) is 14.2. The van der Waals surface area contributed by atoms with Gasteiger partial charge < -0.3 is 9.26 Å². The molecule has 7 nitrogen and oxygen atoms in total. The number of carbonyl (C=O) groups excluding carboxylic acids is 2. The number of rotatable bonds is 21. The van der Waals surface area contributed by atoms with Crippen LogP contribution in [0.15, 0.2) is 12.1 Å². The Kier molecular flexibility index (Phi) is 17.5. The lowest BCUT2D eigenvalue weighted by molar-refractivity contribution is 0.0485. The molecule has 0 aliphatic rings. The van der Waals surface area contributed by atoms with Gasteiger partial charge in [-0.05, 0) is 49.3 Å². The minimum absolute atomic E-state index is 0.0163. The fourth-order valence-corrected chi connectivity index (χ4v) is 4.85. The smallest absolute Gasteiger partial charge is 0.462 e. The molecule has 0 radical (unpaired) electrons. The fourth-order valence-electron chi connectivity index (χ4n) is 4.54. The Balaban J connectivity index is 3.24. The Morgan fingerprint density at radius 2 is 1.22 bits per heavy atom. The number of unbranched alkanes of at least 4 members (excludes halogenated alkanes) is 12. The first kappa shape index (κ1) is 33.3. The quantitative estimate of drug-likeness (QED) is 0.0921. The first-order chi connectivity index (χ1) is 17.7. The molecule has 0 amide bonds. The van der Waals surface area contributed by atoms with E-state index in [1.54, 1.807) is 6.07 Å². The maximum atomic E-state index is 13.0. The molecule has 0 saturated carbocycles. The standard InChI is InChI=1S/C29H49O7P/c1-4-7-10-12-14-16-19-24-21-22-26(28(30)35-23-18-9-6-3)27(29(31)36-37(32,33)34)25(24)20-17-15-13-11-8-5-2/h21-22H,4-20,23H2,1-3H3,(H2,32,33,34). The molecule has 0 atom stereocenters. The van der Waals surface area contributed by atoms with Gasteiger partial charge in [-0.25, -0.2) is 14.2 Å². The molecule has 0 aromatic heterocycles. The fraction of sp³-hybridized carbons (Fsp3) is 0.724. The second-order valence-electron chi connectivity index (χ2n) is 9.87. The molecule has 0 spiro atoms. The van der Waals surface area contributed by atoms with Crippen LogP contribution in [0.3, 0.4) is 0 Å². The average molecular weight is 541 g/mol. The molecule has 0 unspecified atom stereocenters. The van der Waals surface area contributed by atoms with E-state index in [0.717, 1.165) is 76.2 Å². The van der Waals surface area contributed by atoms with Crippen LogP contribution in [-0.2, 0) is 26.7 Å². The van der Waals surface area contributed by atoms with Crippen molar-refractivity contribution >= 4 is 19.8 Å². The minimum atomic E-state index is -5.09. The lowest BCUT2D eigenvalue weighted by Gasteiger charge is -2.18. The predicted octanol–water partition coefficient (Wildman–Crippen LogP) is 8.09. The van der Waals surface area contributed by atoms with Crippen LogP contribution in [-0.4, -0.2) is 28.3 Å². The molecule has 0 fully saturated rings. The van der Waals surface area contributed by atoms with E-state index in [-0.39, 0.29) is 17.7 Å². The number of ether oxygens (including phenoxy) is 1. The zero-order valence-electron chi connectivity index (χ0n) is 23.3. The average Bonchev–Trinajstić information content (AvgIpc) is 2.85. The second-order valence-corrected chi connectivity index (χ2v) is 11.0. The Morgan fingerprint density at radius 1 is 0.703 bits per heavy atom. The van der Waals surface area contributed by atoms with Crippen LogP contribution in [0.2, 0.25) is 0 Å². The van der Waals surface area contributed by atoms with Crippen molar-refractivity contribution in [3.8, 4) is 0 Å². The van der Waals surface area contributed by atoms with Crippen LogP contribution in [0.1, 0.15) is 149 Å². The first-order valence-corrected chi connectivity index (χ1v) is 15.9. The van der Waals surface area contributed by atoms with E-state index in [4.69, 9.17) is 4.74 Å². The Morgan fingerprint density at radius 3 is 1.78 bits per heavy atom. The van der Waals surface area contributed by atoms with Crippen LogP contribution in [0, 0.1) is 0 Å². The van der Waals surface area contributed by atoms with E-state index in [0.29, 0.717) is 18.4 Å². The largest absolute Gasteiger partial charge is 0.527 e. The van der Waals surface area contributed by atoms with E-state index in [2.05, 4.69) is 25.3 Å². The van der Waals surface area contributed by atoms with Crippen LogP contribution in [0.5, 0.6) is 0 Å². The van der Waals surface area contributed by atoms with Gasteiger partial charge in [0.25, 0.3) is 0 Å². The van der Waals surface area contributed by atoms with E-state index in [1.807, 2.05) is 6.07 Å². The molecule has 1 aromatic rings. The van der Waals surface area contributed by atoms with Crippen molar-refractivity contribution in [1.82, 2.24) is 0 Å². The Hall–Kier alpha value is -1.69. The number of esters is 1. The molecule has 0 bridgehead atoms. The van der Waals surface area contributed by atoms with Crippen molar-refractivity contribution in [2.75, 3.05) is 6.61 Å². The maximum absolute atomic E-state index is 13.0. The topological polar surface area (TPSA) is 110 Å². The van der Waals surface area contributed by atoms with Crippen LogP contribution >= 0.6 is 7.82 Å². The zero-order chi connectivity index (χ0) is 27.5. The summed E-state index contributed by atoms with van der Waals surface area (Å²) in [7, 11) is -5.09. The van der Waals surface area contributed by atoms with Gasteiger partial charge in [-0.15, -0.1) is 0 Å². The van der Waals surface area contributed by atoms with Gasteiger partial charge in [0.15, 0.2) is 0 Å². The normalized spacial score (nSPS) is 11.5. The predicted molar refractivity (Wildman–Crippen MR) is 148 cm³/mol. The monoisotopic (exact) mass is 540 g/mol. The molecule has 37 heavy (non-hydrogen) atoms. The summed E-state index contributed by atoms with van der Waals surface area (Å²) < 4.78 is 21.4. The Bertz CT molecular complexity index is 847. The van der Waals surface area contributed by atoms with Crippen molar-refractivity contribution in [1.29, 1.82) is 0 Å². The highest BCUT2D eigenvalue weighted by Crippen LogP contribution is 2.38. The molecule has 0 heterocycles. The highest BCUT2D eigenvalue weighted by Gasteiger charge is 2.30. The third-order valence-electron chi connectivity index (χ3n) is 6.60. The highest BCUT2D eigenvalue weighted by molar-refractivity contribution is 7.46. The summed E-state index contributed by atoms with van der Waals surface area (Å²) in [5.74, 6) is -1.83. The maximum Gasteiger partial charge on any atom is 0.527 e. The van der Waals surface area contributed by atoms with Gasteiger partial charge in [0.05, 0.1) is 17.7 Å². The number of phosphoric ester groups is 1. The van der Waals surface area contributed by atoms with Crippen LogP contribution < -0.4 is 0 Å². The molecular weight excluding hydrogens is 491 g/mol. The van der Waals surface area contributed by atoms with Gasteiger partial charge in [0.2, 0.25) is 0 Å². The van der Waals surface area contributed by atoms with Crippen molar-refractivity contribution in [3.05, 3.63) is 34.4 Å². The molecule has 0 aliphatic carbocycles. The lowest BCUT2D eigenvalue weighted by Crippen LogP contribution is -2.18. The van der Waals surface area contributed by atoms with E-state index >= 15 is 0 Å². The number of aryl methyl sites for hydroxylation is 1. The highest BCUT2D eigenvalue weighted by atomic mass is 31.2. The summed E-state index contributed by atoms with van der Waals surface area (Å²) in [5, 5.41) is 0. The SMILES string of the molecule is CCCCCCCCc1ccc(C(=O)OCCCCC)c(C(=O)OP(=O)(O)O)c1CCCCCCCC. The molecular formula is C29H49O7P. The Labute approximate surface area is 224 Å². The van der Waals surface area contributed by atoms with E-state index < -0.39 is 19.8 Å². The number of benzene rings is 1.